The van der Waals surface area contributed by atoms with Gasteiger partial charge in [-0.1, -0.05) is 29.8 Å². The largest absolute Gasteiger partial charge is 0.332 e. The summed E-state index contributed by atoms with van der Waals surface area (Å²) in [4.78, 5) is 25.6. The lowest BCUT2D eigenvalue weighted by Crippen LogP contribution is -2.05. The van der Waals surface area contributed by atoms with Crippen LogP contribution in [0.4, 0.5) is 0 Å². The summed E-state index contributed by atoms with van der Waals surface area (Å²) in [5.41, 5.74) is 3.01. The third-order valence-electron chi connectivity index (χ3n) is 4.29. The Hall–Kier alpha value is -3.34. The molecular formula is C21H18N4O. The maximum absolute atomic E-state index is 12.6. The molecule has 0 saturated heterocycles. The number of hydrogen-bond donors (Lipinski definition) is 0. The van der Waals surface area contributed by atoms with E-state index in [4.69, 9.17) is 4.11 Å². The van der Waals surface area contributed by atoms with E-state index < -0.39 is 6.85 Å². The van der Waals surface area contributed by atoms with Crippen LogP contribution >= 0.6 is 0 Å². The van der Waals surface area contributed by atoms with Gasteiger partial charge in [0.05, 0.1) is 30.3 Å². The molecule has 0 radical (unpaired) electrons. The summed E-state index contributed by atoms with van der Waals surface area (Å²) in [6.07, 6.45) is 7.06. The number of imidazole rings is 1. The minimum absolute atomic E-state index is 0.116. The second kappa shape index (κ2) is 6.52. The first kappa shape index (κ1) is 12.9. The average Bonchev–Trinajstić information content (AvgIpc) is 3.13. The Bertz CT molecular complexity index is 1200. The van der Waals surface area contributed by atoms with Crippen molar-refractivity contribution in [1.82, 2.24) is 19.5 Å². The standard InChI is InChI=1S/C21H18N4O/c1-14-3-5-15(6-4-14)21(26)9-18-7-16-8-19(20-12-22-13-25(20)2)24-11-17(16)10-23-18/h3-8,10-13H,9H2,1-2H3/i1D3. The lowest BCUT2D eigenvalue weighted by atomic mass is 10.0. The Morgan fingerprint density at radius 1 is 1.08 bits per heavy atom. The SMILES string of the molecule is [2H]C([2H])([2H])c1ccc(C(=O)Cc2cc3cc(-c4cncn4C)ncc3cn2)cc1. The predicted molar refractivity (Wildman–Crippen MR) is 101 cm³/mol. The molecule has 0 fully saturated rings. The van der Waals surface area contributed by atoms with Gasteiger partial charge in [0.25, 0.3) is 0 Å². The molecule has 0 N–H and O–H groups in total. The summed E-state index contributed by atoms with van der Waals surface area (Å²) < 4.78 is 24.1. The van der Waals surface area contributed by atoms with Gasteiger partial charge in [-0.05, 0) is 24.4 Å². The second-order valence-corrected chi connectivity index (χ2v) is 6.16. The quantitative estimate of drug-likeness (QED) is 0.528. The van der Waals surface area contributed by atoms with Crippen molar-refractivity contribution in [3.63, 3.8) is 0 Å². The average molecular weight is 345 g/mol. The van der Waals surface area contributed by atoms with Gasteiger partial charge in [0.1, 0.15) is 0 Å². The number of aryl methyl sites for hydroxylation is 2. The van der Waals surface area contributed by atoms with E-state index in [-0.39, 0.29) is 17.8 Å². The van der Waals surface area contributed by atoms with Crippen LogP contribution in [0, 0.1) is 6.85 Å². The van der Waals surface area contributed by atoms with Gasteiger partial charge in [-0.15, -0.1) is 0 Å². The summed E-state index contributed by atoms with van der Waals surface area (Å²) in [5.74, 6) is -0.116. The van der Waals surface area contributed by atoms with Crippen LogP contribution in [-0.4, -0.2) is 25.3 Å². The molecule has 26 heavy (non-hydrogen) atoms. The fourth-order valence-corrected chi connectivity index (χ4v) is 2.85. The molecule has 0 spiro atoms. The maximum atomic E-state index is 12.6. The Morgan fingerprint density at radius 2 is 1.88 bits per heavy atom. The molecule has 0 bridgehead atoms. The molecule has 0 saturated carbocycles. The number of carbonyl (C=O) groups is 1. The van der Waals surface area contributed by atoms with Crippen molar-refractivity contribution in [2.45, 2.75) is 13.3 Å². The van der Waals surface area contributed by atoms with Gasteiger partial charge in [0, 0.05) is 40.2 Å². The van der Waals surface area contributed by atoms with Gasteiger partial charge in [-0.2, -0.15) is 0 Å². The monoisotopic (exact) mass is 345 g/mol. The summed E-state index contributed by atoms with van der Waals surface area (Å²) in [7, 11) is 1.91. The first-order valence-corrected chi connectivity index (χ1v) is 8.16. The van der Waals surface area contributed by atoms with Crippen LogP contribution in [0.25, 0.3) is 22.2 Å². The molecule has 4 aromatic rings. The highest BCUT2D eigenvalue weighted by atomic mass is 16.1. The Labute approximate surface area is 155 Å². The number of hydrogen-bond acceptors (Lipinski definition) is 4. The van der Waals surface area contributed by atoms with Crippen LogP contribution in [0.1, 0.15) is 25.7 Å². The molecule has 0 aliphatic carbocycles. The van der Waals surface area contributed by atoms with Crippen LogP contribution in [-0.2, 0) is 13.5 Å². The highest BCUT2D eigenvalue weighted by Gasteiger charge is 2.10. The first-order chi connectivity index (χ1) is 13.8. The lowest BCUT2D eigenvalue weighted by molar-refractivity contribution is 0.0992. The van der Waals surface area contributed by atoms with Crippen molar-refractivity contribution in [1.29, 1.82) is 0 Å². The molecule has 0 atom stereocenters. The molecular weight excluding hydrogens is 324 g/mol. The van der Waals surface area contributed by atoms with E-state index in [0.29, 0.717) is 11.3 Å². The molecule has 1 aromatic carbocycles. The van der Waals surface area contributed by atoms with Crippen molar-refractivity contribution >= 4 is 16.6 Å². The zero-order chi connectivity index (χ0) is 20.6. The minimum atomic E-state index is -2.18. The summed E-state index contributed by atoms with van der Waals surface area (Å²) in [5, 5.41) is 1.82. The van der Waals surface area contributed by atoms with Crippen molar-refractivity contribution in [2.24, 2.45) is 7.05 Å². The zero-order valence-electron chi connectivity index (χ0n) is 17.2. The third kappa shape index (κ3) is 3.11. The number of fused-ring (bicyclic) bond motifs is 1. The van der Waals surface area contributed by atoms with Gasteiger partial charge < -0.3 is 4.57 Å². The fourth-order valence-electron chi connectivity index (χ4n) is 2.85. The molecule has 0 aliphatic heterocycles. The highest BCUT2D eigenvalue weighted by molar-refractivity contribution is 5.97. The molecule has 5 nitrogen and oxygen atoms in total. The molecule has 0 amide bonds. The normalized spacial score (nSPS) is 13.2. The molecule has 128 valence electrons. The van der Waals surface area contributed by atoms with E-state index in [1.54, 1.807) is 37.1 Å². The molecule has 5 heteroatoms. The number of rotatable bonds is 4. The molecule has 0 aliphatic rings. The van der Waals surface area contributed by atoms with Gasteiger partial charge >= 0.3 is 0 Å². The fraction of sp³-hybridized carbons (Fsp3) is 0.143. The van der Waals surface area contributed by atoms with Crippen LogP contribution in [0.15, 0.2) is 61.3 Å². The van der Waals surface area contributed by atoms with Gasteiger partial charge in [0.2, 0.25) is 0 Å². The van der Waals surface area contributed by atoms with E-state index >= 15 is 0 Å². The van der Waals surface area contributed by atoms with E-state index in [2.05, 4.69) is 15.0 Å². The second-order valence-electron chi connectivity index (χ2n) is 6.16. The predicted octanol–water partition coefficient (Wildman–Crippen LogP) is 3.76. The van der Waals surface area contributed by atoms with E-state index in [1.807, 2.05) is 23.7 Å². The van der Waals surface area contributed by atoms with E-state index in [9.17, 15) is 4.79 Å². The number of pyridine rings is 2. The molecule has 3 heterocycles. The first-order valence-electron chi connectivity index (χ1n) is 9.66. The van der Waals surface area contributed by atoms with E-state index in [1.165, 1.54) is 12.1 Å². The highest BCUT2D eigenvalue weighted by Crippen LogP contribution is 2.22. The number of ketones is 1. The summed E-state index contributed by atoms with van der Waals surface area (Å²) >= 11 is 0. The van der Waals surface area contributed by atoms with Crippen molar-refractivity contribution in [2.75, 3.05) is 0 Å². The van der Waals surface area contributed by atoms with Gasteiger partial charge in [-0.25, -0.2) is 4.98 Å². The zero-order valence-corrected chi connectivity index (χ0v) is 14.2. The van der Waals surface area contributed by atoms with Gasteiger partial charge in [-0.3, -0.25) is 14.8 Å². The van der Waals surface area contributed by atoms with Crippen molar-refractivity contribution < 1.29 is 8.91 Å². The number of nitrogens with zero attached hydrogens (tertiary/aromatic N) is 4. The Morgan fingerprint density at radius 3 is 2.62 bits per heavy atom. The summed E-state index contributed by atoms with van der Waals surface area (Å²) in [6, 6.07) is 9.88. The Kier molecular flexibility index (Phi) is 3.24. The smallest absolute Gasteiger partial charge is 0.168 e. The van der Waals surface area contributed by atoms with Crippen LogP contribution < -0.4 is 0 Å². The van der Waals surface area contributed by atoms with E-state index in [0.717, 1.165) is 22.2 Å². The molecule has 4 rings (SSSR count). The number of benzene rings is 1. The van der Waals surface area contributed by atoms with Crippen LogP contribution in [0.2, 0.25) is 0 Å². The maximum Gasteiger partial charge on any atom is 0.168 e. The van der Waals surface area contributed by atoms with Crippen molar-refractivity contribution in [3.05, 3.63) is 78.1 Å². The lowest BCUT2D eigenvalue weighted by Gasteiger charge is -2.06. The number of aromatic nitrogens is 4. The van der Waals surface area contributed by atoms with Crippen LogP contribution in [0.3, 0.4) is 0 Å². The third-order valence-corrected chi connectivity index (χ3v) is 4.29. The number of Topliss-reactive ketones (excluding diaryl/α,β-unsaturated/α-hetero) is 1. The topological polar surface area (TPSA) is 60.7 Å². The van der Waals surface area contributed by atoms with Crippen LogP contribution in [0.5, 0.6) is 0 Å². The Balaban J connectivity index is 1.59. The van der Waals surface area contributed by atoms with Gasteiger partial charge in [0.15, 0.2) is 5.78 Å². The van der Waals surface area contributed by atoms with Crippen molar-refractivity contribution in [3.8, 4) is 11.4 Å². The molecule has 3 aromatic heterocycles. The summed E-state index contributed by atoms with van der Waals surface area (Å²) in [6.45, 7) is -2.18. The number of carbonyl (C=O) groups excluding carboxylic acids is 1. The minimum Gasteiger partial charge on any atom is -0.332 e. The molecule has 0 unspecified atom stereocenters.